The zero-order chi connectivity index (χ0) is 21.2. The second kappa shape index (κ2) is 11.3. The number of alkyl carbamates (subject to hydrolysis) is 1. The van der Waals surface area contributed by atoms with Crippen LogP contribution in [0.3, 0.4) is 0 Å². The molecule has 0 aromatic heterocycles. The maximum atomic E-state index is 12.5. The van der Waals surface area contributed by atoms with Gasteiger partial charge in [0, 0.05) is 33.1 Å². The first-order valence-electron chi connectivity index (χ1n) is 9.35. The van der Waals surface area contributed by atoms with E-state index in [9.17, 15) is 14.4 Å². The van der Waals surface area contributed by atoms with Crippen LogP contribution in [0.25, 0.3) is 0 Å². The first kappa shape index (κ1) is 23.4. The Kier molecular flexibility index (Phi) is 9.44. The molecule has 0 saturated heterocycles. The van der Waals surface area contributed by atoms with Crippen LogP contribution in [0, 0.1) is 6.92 Å². The van der Waals surface area contributed by atoms with E-state index in [0.29, 0.717) is 30.7 Å². The zero-order valence-corrected chi connectivity index (χ0v) is 17.6. The molecule has 156 valence electrons. The van der Waals surface area contributed by atoms with Gasteiger partial charge >= 0.3 is 6.09 Å². The molecule has 0 atom stereocenters. The molecule has 1 aromatic carbocycles. The molecular formula is C20H33N4O4+. The van der Waals surface area contributed by atoms with Crippen molar-refractivity contribution in [3.63, 3.8) is 0 Å². The number of hydrogen-bond acceptors (Lipinski definition) is 4. The Morgan fingerprint density at radius 3 is 2.11 bits per heavy atom. The summed E-state index contributed by atoms with van der Waals surface area (Å²) in [5, 5.41) is 5.35. The van der Waals surface area contributed by atoms with Gasteiger partial charge in [-0.25, -0.2) is 4.79 Å². The van der Waals surface area contributed by atoms with Crippen molar-refractivity contribution in [3.8, 4) is 0 Å². The molecule has 8 heteroatoms. The van der Waals surface area contributed by atoms with E-state index in [1.165, 1.54) is 6.92 Å². The number of carbonyl (C=O) groups is 3. The average Bonchev–Trinajstić information content (AvgIpc) is 2.58. The second-order valence-electron chi connectivity index (χ2n) is 7.80. The molecule has 0 unspecified atom stereocenters. The number of rotatable bonds is 10. The molecule has 0 spiro atoms. The predicted octanol–water partition coefficient (Wildman–Crippen LogP) is 0.892. The van der Waals surface area contributed by atoms with Crippen LogP contribution in [0.1, 0.15) is 18.1 Å². The average molecular weight is 394 g/mol. The summed E-state index contributed by atoms with van der Waals surface area (Å²) >= 11 is 0. The number of quaternary nitrogens is 1. The first-order chi connectivity index (χ1) is 13.1. The van der Waals surface area contributed by atoms with Gasteiger partial charge in [-0.15, -0.1) is 0 Å². The van der Waals surface area contributed by atoms with Crippen molar-refractivity contribution in [1.82, 2.24) is 15.5 Å². The van der Waals surface area contributed by atoms with Gasteiger partial charge in [0.05, 0.1) is 21.1 Å². The highest BCUT2D eigenvalue weighted by molar-refractivity contribution is 5.77. The van der Waals surface area contributed by atoms with Gasteiger partial charge in [0.2, 0.25) is 5.91 Å². The van der Waals surface area contributed by atoms with Crippen LogP contribution in [-0.4, -0.2) is 81.2 Å². The predicted molar refractivity (Wildman–Crippen MR) is 108 cm³/mol. The van der Waals surface area contributed by atoms with Crippen LogP contribution in [0.15, 0.2) is 24.3 Å². The molecule has 0 heterocycles. The lowest BCUT2D eigenvalue weighted by Crippen LogP contribution is -2.49. The molecule has 0 aliphatic heterocycles. The number of aryl methyl sites for hydroxylation is 1. The summed E-state index contributed by atoms with van der Waals surface area (Å²) in [7, 11) is 5.81. The zero-order valence-electron chi connectivity index (χ0n) is 17.6. The van der Waals surface area contributed by atoms with Gasteiger partial charge in [-0.05, 0) is 12.5 Å². The number of benzene rings is 1. The van der Waals surface area contributed by atoms with Crippen molar-refractivity contribution in [3.05, 3.63) is 35.4 Å². The first-order valence-corrected chi connectivity index (χ1v) is 9.35. The lowest BCUT2D eigenvalue weighted by Gasteiger charge is -2.28. The van der Waals surface area contributed by atoms with Gasteiger partial charge in [0.1, 0.15) is 6.61 Å². The quantitative estimate of drug-likeness (QED) is 0.578. The van der Waals surface area contributed by atoms with E-state index in [1.54, 1.807) is 4.90 Å². The maximum absolute atomic E-state index is 12.5. The molecule has 0 saturated carbocycles. The Morgan fingerprint density at radius 2 is 1.57 bits per heavy atom. The molecule has 1 rings (SSSR count). The largest absolute Gasteiger partial charge is 0.445 e. The standard InChI is InChI=1S/C20H32N4O4/c1-16-6-8-18(9-7-16)15-28-20(27)22-11-13-23(12-10-21-17(2)25)19(26)14-24(3,4)5/h6-9H,10-15H2,1-5H3,(H-,21,22,25,27)/p+1. The van der Waals surface area contributed by atoms with E-state index < -0.39 is 6.09 Å². The summed E-state index contributed by atoms with van der Waals surface area (Å²) in [6.45, 7) is 5.33. The summed E-state index contributed by atoms with van der Waals surface area (Å²) in [4.78, 5) is 37.1. The van der Waals surface area contributed by atoms with Crippen LogP contribution in [0.4, 0.5) is 4.79 Å². The highest BCUT2D eigenvalue weighted by Gasteiger charge is 2.20. The number of carbonyl (C=O) groups excluding carboxylic acids is 3. The number of likely N-dealkylation sites (N-methyl/N-ethyl adjacent to an activating group) is 1. The molecular weight excluding hydrogens is 360 g/mol. The van der Waals surface area contributed by atoms with Crippen molar-refractivity contribution in [2.24, 2.45) is 0 Å². The van der Waals surface area contributed by atoms with Crippen LogP contribution in [0.2, 0.25) is 0 Å². The molecule has 0 radical (unpaired) electrons. The third kappa shape index (κ3) is 10.5. The highest BCUT2D eigenvalue weighted by atomic mass is 16.5. The molecule has 0 aliphatic carbocycles. The van der Waals surface area contributed by atoms with E-state index in [2.05, 4.69) is 10.6 Å². The lowest BCUT2D eigenvalue weighted by molar-refractivity contribution is -0.862. The topological polar surface area (TPSA) is 87.7 Å². The van der Waals surface area contributed by atoms with Crippen LogP contribution in [-0.2, 0) is 20.9 Å². The van der Waals surface area contributed by atoms with Gasteiger partial charge in [0.25, 0.3) is 5.91 Å². The Hall–Kier alpha value is -2.61. The van der Waals surface area contributed by atoms with Gasteiger partial charge in [0.15, 0.2) is 6.54 Å². The van der Waals surface area contributed by atoms with E-state index >= 15 is 0 Å². The Labute approximate surface area is 167 Å². The molecule has 2 N–H and O–H groups in total. The third-order valence-electron chi connectivity index (χ3n) is 3.86. The van der Waals surface area contributed by atoms with E-state index in [0.717, 1.165) is 11.1 Å². The fourth-order valence-electron chi connectivity index (χ4n) is 2.41. The molecule has 8 nitrogen and oxygen atoms in total. The van der Waals surface area contributed by atoms with Gasteiger partial charge in [-0.1, -0.05) is 29.8 Å². The summed E-state index contributed by atoms with van der Waals surface area (Å²) < 4.78 is 5.69. The fraction of sp³-hybridized carbons (Fsp3) is 0.550. The lowest BCUT2D eigenvalue weighted by atomic mass is 10.2. The number of hydrogen-bond donors (Lipinski definition) is 2. The Bertz CT molecular complexity index is 653. The van der Waals surface area contributed by atoms with E-state index in [-0.39, 0.29) is 25.0 Å². The minimum Gasteiger partial charge on any atom is -0.445 e. The van der Waals surface area contributed by atoms with Crippen LogP contribution in [0.5, 0.6) is 0 Å². The second-order valence-corrected chi connectivity index (χ2v) is 7.80. The summed E-state index contributed by atoms with van der Waals surface area (Å²) in [6, 6.07) is 7.75. The molecule has 28 heavy (non-hydrogen) atoms. The van der Waals surface area contributed by atoms with Crippen LogP contribution >= 0.6 is 0 Å². The third-order valence-corrected chi connectivity index (χ3v) is 3.86. The fourth-order valence-corrected chi connectivity index (χ4v) is 2.41. The number of nitrogens with zero attached hydrogens (tertiary/aromatic N) is 2. The van der Waals surface area contributed by atoms with Crippen molar-refractivity contribution in [1.29, 1.82) is 0 Å². The van der Waals surface area contributed by atoms with Crippen molar-refractivity contribution in [2.75, 3.05) is 53.9 Å². The molecule has 0 fully saturated rings. The van der Waals surface area contributed by atoms with Crippen molar-refractivity contribution < 1.29 is 23.6 Å². The van der Waals surface area contributed by atoms with Gasteiger partial charge in [-0.3, -0.25) is 9.59 Å². The SMILES string of the molecule is CC(=O)NCCN(CCNC(=O)OCc1ccc(C)cc1)C(=O)C[N+](C)(C)C. The highest BCUT2D eigenvalue weighted by Crippen LogP contribution is 2.04. The van der Waals surface area contributed by atoms with E-state index in [4.69, 9.17) is 4.74 Å². The van der Waals surface area contributed by atoms with Crippen molar-refractivity contribution >= 4 is 17.9 Å². The molecule has 0 aliphatic rings. The maximum Gasteiger partial charge on any atom is 0.407 e. The van der Waals surface area contributed by atoms with Crippen molar-refractivity contribution in [2.45, 2.75) is 20.5 Å². The van der Waals surface area contributed by atoms with E-state index in [1.807, 2.05) is 52.3 Å². The van der Waals surface area contributed by atoms with Gasteiger partial charge in [-0.2, -0.15) is 0 Å². The van der Waals surface area contributed by atoms with Gasteiger partial charge < -0.3 is 24.8 Å². The molecule has 1 aromatic rings. The summed E-state index contributed by atoms with van der Waals surface area (Å²) in [5.74, 6) is -0.176. The smallest absolute Gasteiger partial charge is 0.407 e. The number of ether oxygens (including phenoxy) is 1. The Balaban J connectivity index is 2.44. The van der Waals surface area contributed by atoms with Crippen LogP contribution < -0.4 is 10.6 Å². The molecule has 0 bridgehead atoms. The molecule has 3 amide bonds. The monoisotopic (exact) mass is 393 g/mol. The minimum absolute atomic E-state index is 0.0346. The summed E-state index contributed by atoms with van der Waals surface area (Å²) in [5.41, 5.74) is 2.06. The Morgan fingerprint density at radius 1 is 1.00 bits per heavy atom. The number of nitrogens with one attached hydrogen (secondary N) is 2. The normalized spacial score (nSPS) is 10.9. The summed E-state index contributed by atoms with van der Waals surface area (Å²) in [6.07, 6.45) is -0.526. The number of amides is 3. The minimum atomic E-state index is -0.526.